The number of hydrogen-bond acceptors (Lipinski definition) is 5. The molecule has 1 N–H and O–H groups in total. The van der Waals surface area contributed by atoms with Crippen LogP contribution in [0.3, 0.4) is 0 Å². The second kappa shape index (κ2) is 8.60. The first-order chi connectivity index (χ1) is 15.1. The van der Waals surface area contributed by atoms with Crippen LogP contribution in [0.5, 0.6) is 0 Å². The van der Waals surface area contributed by atoms with E-state index >= 15 is 0 Å². The van der Waals surface area contributed by atoms with Crippen LogP contribution < -0.4 is 5.32 Å². The lowest BCUT2D eigenvalue weighted by atomic mass is 10.00. The smallest absolute Gasteiger partial charge is 0.102 e. The normalized spacial score (nSPS) is 21.0. The molecular weight excluding hydrogens is 384 g/mol. The van der Waals surface area contributed by atoms with Crippen LogP contribution in [0.15, 0.2) is 77.9 Å². The number of aryl methyl sites for hydroxylation is 1. The van der Waals surface area contributed by atoms with Crippen molar-refractivity contribution in [3.8, 4) is 11.1 Å². The quantitative estimate of drug-likeness (QED) is 0.823. The Balaban J connectivity index is 1.23. The van der Waals surface area contributed by atoms with Gasteiger partial charge in [-0.3, -0.25) is 4.98 Å². The molecular formula is C26H30N4O. The molecule has 0 saturated carbocycles. The van der Waals surface area contributed by atoms with Crippen LogP contribution in [0.1, 0.15) is 18.2 Å². The fraction of sp³-hybridized carbons (Fsp3) is 0.346. The van der Waals surface area contributed by atoms with Gasteiger partial charge >= 0.3 is 0 Å². The van der Waals surface area contributed by atoms with Gasteiger partial charge in [0.1, 0.15) is 5.82 Å². The molecule has 31 heavy (non-hydrogen) atoms. The van der Waals surface area contributed by atoms with Crippen LogP contribution in [0, 0.1) is 6.92 Å². The molecule has 0 radical (unpaired) electrons. The van der Waals surface area contributed by atoms with Crippen molar-refractivity contribution >= 4 is 0 Å². The van der Waals surface area contributed by atoms with Gasteiger partial charge in [0.05, 0.1) is 12.7 Å². The summed E-state index contributed by atoms with van der Waals surface area (Å²) in [6.07, 6.45) is 8.96. The summed E-state index contributed by atoms with van der Waals surface area (Å²) in [5.41, 5.74) is 7.64. The van der Waals surface area contributed by atoms with E-state index in [9.17, 15) is 0 Å². The monoisotopic (exact) mass is 414 g/mol. The molecule has 3 aliphatic rings. The summed E-state index contributed by atoms with van der Waals surface area (Å²) in [6, 6.07) is 13.1. The molecule has 2 aromatic rings. The van der Waals surface area contributed by atoms with E-state index in [-0.39, 0.29) is 6.10 Å². The van der Waals surface area contributed by atoms with Crippen molar-refractivity contribution in [2.45, 2.75) is 26.5 Å². The van der Waals surface area contributed by atoms with Crippen LogP contribution >= 0.6 is 0 Å². The highest BCUT2D eigenvalue weighted by atomic mass is 16.5. The summed E-state index contributed by atoms with van der Waals surface area (Å²) in [7, 11) is 0. The summed E-state index contributed by atoms with van der Waals surface area (Å²) >= 11 is 0. The fourth-order valence-corrected chi connectivity index (χ4v) is 4.51. The Morgan fingerprint density at radius 1 is 1.16 bits per heavy atom. The molecule has 0 bridgehead atoms. The molecule has 0 spiro atoms. The SMILES string of the molecule is Cc1cc(-c2ccc(CN3C=CC4=C(CNC(N5CCO[C@@H](C)C5)=C4)C3)cc2)ccn1. The maximum absolute atomic E-state index is 5.68. The predicted molar refractivity (Wildman–Crippen MR) is 124 cm³/mol. The first kappa shape index (κ1) is 19.9. The molecule has 5 rings (SSSR count). The van der Waals surface area contributed by atoms with Crippen molar-refractivity contribution in [1.29, 1.82) is 0 Å². The van der Waals surface area contributed by atoms with Gasteiger partial charge in [-0.05, 0) is 66.0 Å². The van der Waals surface area contributed by atoms with Gasteiger partial charge in [-0.15, -0.1) is 0 Å². The number of dihydropyridines is 1. The molecule has 0 amide bonds. The highest BCUT2D eigenvalue weighted by molar-refractivity contribution is 5.63. The number of morpholine rings is 1. The Hall–Kier alpha value is -3.05. The fourth-order valence-electron chi connectivity index (χ4n) is 4.51. The lowest BCUT2D eigenvalue weighted by molar-refractivity contribution is -0.00820. The number of ether oxygens (including phenoxy) is 1. The Bertz CT molecular complexity index is 1040. The van der Waals surface area contributed by atoms with Gasteiger partial charge in [0, 0.05) is 50.8 Å². The molecule has 5 heteroatoms. The van der Waals surface area contributed by atoms with Gasteiger partial charge in [0.15, 0.2) is 0 Å². The zero-order valence-corrected chi connectivity index (χ0v) is 18.3. The van der Waals surface area contributed by atoms with E-state index in [4.69, 9.17) is 4.74 Å². The van der Waals surface area contributed by atoms with Crippen molar-refractivity contribution in [3.05, 3.63) is 89.2 Å². The Morgan fingerprint density at radius 2 is 2.03 bits per heavy atom. The number of nitrogens with zero attached hydrogens (tertiary/aromatic N) is 3. The van der Waals surface area contributed by atoms with Gasteiger partial charge in [0.25, 0.3) is 0 Å². The molecule has 0 unspecified atom stereocenters. The number of benzene rings is 1. The molecule has 5 nitrogen and oxygen atoms in total. The maximum atomic E-state index is 5.68. The molecule has 0 aliphatic carbocycles. The third-order valence-electron chi connectivity index (χ3n) is 6.19. The Morgan fingerprint density at radius 3 is 2.84 bits per heavy atom. The van der Waals surface area contributed by atoms with E-state index in [1.54, 1.807) is 0 Å². The summed E-state index contributed by atoms with van der Waals surface area (Å²) in [5, 5.41) is 3.63. The lowest BCUT2D eigenvalue weighted by Gasteiger charge is -2.38. The average molecular weight is 415 g/mol. The van der Waals surface area contributed by atoms with Crippen LogP contribution in [0.25, 0.3) is 11.1 Å². The molecule has 1 aromatic carbocycles. The predicted octanol–water partition coefficient (Wildman–Crippen LogP) is 3.85. The highest BCUT2D eigenvalue weighted by Crippen LogP contribution is 2.25. The third kappa shape index (κ3) is 4.52. The molecule has 1 saturated heterocycles. The Labute approximate surface area is 184 Å². The van der Waals surface area contributed by atoms with Crippen molar-refractivity contribution in [2.24, 2.45) is 0 Å². The molecule has 1 fully saturated rings. The number of hydrogen-bond donors (Lipinski definition) is 1. The van der Waals surface area contributed by atoms with E-state index < -0.39 is 0 Å². The summed E-state index contributed by atoms with van der Waals surface area (Å²) in [6.45, 7) is 9.67. The number of nitrogens with one attached hydrogen (secondary N) is 1. The number of rotatable bonds is 4. The van der Waals surface area contributed by atoms with E-state index in [1.165, 1.54) is 33.7 Å². The molecule has 1 atom stereocenters. The van der Waals surface area contributed by atoms with Gasteiger partial charge in [0.2, 0.25) is 0 Å². The van der Waals surface area contributed by atoms with Crippen LogP contribution in [0.4, 0.5) is 0 Å². The minimum Gasteiger partial charge on any atom is -0.375 e. The molecule has 1 aromatic heterocycles. The first-order valence-corrected chi connectivity index (χ1v) is 11.1. The van der Waals surface area contributed by atoms with Crippen molar-refractivity contribution in [1.82, 2.24) is 20.1 Å². The van der Waals surface area contributed by atoms with E-state index in [0.29, 0.717) is 0 Å². The van der Waals surface area contributed by atoms with E-state index in [2.05, 4.69) is 81.8 Å². The van der Waals surface area contributed by atoms with E-state index in [1.807, 2.05) is 13.1 Å². The van der Waals surface area contributed by atoms with Gasteiger partial charge in [-0.25, -0.2) is 0 Å². The zero-order valence-electron chi connectivity index (χ0n) is 18.3. The molecule has 3 aliphatic heterocycles. The van der Waals surface area contributed by atoms with Crippen LogP contribution in [0.2, 0.25) is 0 Å². The van der Waals surface area contributed by atoms with Gasteiger partial charge in [-0.1, -0.05) is 24.3 Å². The summed E-state index contributed by atoms with van der Waals surface area (Å²) < 4.78 is 5.68. The van der Waals surface area contributed by atoms with Gasteiger partial charge < -0.3 is 19.9 Å². The second-order valence-corrected chi connectivity index (χ2v) is 8.67. The average Bonchev–Trinajstić information content (AvgIpc) is 2.79. The zero-order chi connectivity index (χ0) is 21.2. The highest BCUT2D eigenvalue weighted by Gasteiger charge is 2.23. The molecule has 160 valence electrons. The van der Waals surface area contributed by atoms with Crippen LogP contribution in [-0.4, -0.2) is 53.7 Å². The molecule has 4 heterocycles. The maximum Gasteiger partial charge on any atom is 0.102 e. The third-order valence-corrected chi connectivity index (χ3v) is 6.19. The largest absolute Gasteiger partial charge is 0.375 e. The Kier molecular flexibility index (Phi) is 5.51. The second-order valence-electron chi connectivity index (χ2n) is 8.67. The van der Waals surface area contributed by atoms with Crippen molar-refractivity contribution in [3.63, 3.8) is 0 Å². The van der Waals surface area contributed by atoms with Crippen molar-refractivity contribution in [2.75, 3.05) is 32.8 Å². The van der Waals surface area contributed by atoms with Crippen LogP contribution in [-0.2, 0) is 11.3 Å². The lowest BCUT2D eigenvalue weighted by Crippen LogP contribution is -2.45. The topological polar surface area (TPSA) is 40.6 Å². The number of pyridine rings is 1. The van der Waals surface area contributed by atoms with E-state index in [0.717, 1.165) is 45.0 Å². The van der Waals surface area contributed by atoms with Gasteiger partial charge in [-0.2, -0.15) is 0 Å². The summed E-state index contributed by atoms with van der Waals surface area (Å²) in [4.78, 5) is 9.09. The first-order valence-electron chi connectivity index (χ1n) is 11.1. The summed E-state index contributed by atoms with van der Waals surface area (Å²) in [5.74, 6) is 1.23. The minimum absolute atomic E-state index is 0.290. The standard InChI is InChI=1S/C26H30N4O/c1-19-13-23(7-9-27-19)22-5-3-21(4-6-22)17-29-10-8-24-14-26(28-15-25(24)18-29)30-11-12-31-20(2)16-30/h3-10,13-14,20,28H,11-12,15-18H2,1-2H3/t20-/m0/s1. The minimum atomic E-state index is 0.290. The van der Waals surface area contributed by atoms with Crippen molar-refractivity contribution < 1.29 is 4.74 Å². The number of allylic oxidation sites excluding steroid dienone is 3. The number of aromatic nitrogens is 1.